The smallest absolute Gasteiger partial charge is 0.544 e. The Morgan fingerprint density at radius 1 is 1.14 bits per heavy atom. The number of carboxylic acid groups (broad SMARTS) is 1. The zero-order valence-corrected chi connectivity index (χ0v) is 21.9. The number of aliphatic hydroxyl groups is 4. The fraction of sp³-hybridized carbons (Fsp3) is 0.417. The van der Waals surface area contributed by atoms with Crippen molar-refractivity contribution in [3.63, 3.8) is 0 Å². The van der Waals surface area contributed by atoms with Crippen LogP contribution in [0, 0.1) is 0 Å². The minimum atomic E-state index is -2.51. The first-order chi connectivity index (χ1) is 16.6. The first-order valence-electron chi connectivity index (χ1n) is 10.9. The van der Waals surface area contributed by atoms with Crippen LogP contribution in [0.25, 0.3) is 0 Å². The molecule has 1 amide bonds. The maximum Gasteiger partial charge on any atom is 1.00 e. The van der Waals surface area contributed by atoms with E-state index in [1.165, 1.54) is 0 Å². The van der Waals surface area contributed by atoms with Crippen LogP contribution < -0.4 is 44.7 Å². The Morgan fingerprint density at radius 2 is 1.75 bits per heavy atom. The van der Waals surface area contributed by atoms with Gasteiger partial charge >= 0.3 is 29.6 Å². The standard InChI is InChI=1S/C24H29NO10.Na/c1-14(27)25-20-18(28)11-24(23(31)32,35-22(20)21(30)19(29)12-26)33-13-15-7-9-17(10-8-15)34-16-5-3-2-4-6-16;/h2-10,18-22,26,28-30H,11-13H2,1H3,(H,25,27)(H,31,32);/q;+1/p-1/t18-,19+,20+,21-,22+,24+;/m0./s1. The second-order valence-electron chi connectivity index (χ2n) is 8.21. The summed E-state index contributed by atoms with van der Waals surface area (Å²) in [6, 6.07) is 14.4. The maximum absolute atomic E-state index is 12.1. The van der Waals surface area contributed by atoms with Crippen LogP contribution in [0.5, 0.6) is 11.5 Å². The van der Waals surface area contributed by atoms with Gasteiger partial charge in [-0.25, -0.2) is 0 Å². The summed E-state index contributed by atoms with van der Waals surface area (Å²) >= 11 is 0. The van der Waals surface area contributed by atoms with E-state index in [-0.39, 0.29) is 36.2 Å². The zero-order valence-electron chi connectivity index (χ0n) is 19.9. The molecule has 0 spiro atoms. The Hall–Kier alpha value is -2.06. The van der Waals surface area contributed by atoms with E-state index >= 15 is 0 Å². The molecule has 0 radical (unpaired) electrons. The average Bonchev–Trinajstić information content (AvgIpc) is 2.84. The Balaban J connectivity index is 0.00000456. The summed E-state index contributed by atoms with van der Waals surface area (Å²) in [5.41, 5.74) is 0.542. The summed E-state index contributed by atoms with van der Waals surface area (Å²) < 4.78 is 16.8. The number of carboxylic acids is 1. The molecule has 2 aromatic rings. The van der Waals surface area contributed by atoms with Crippen LogP contribution in [0.2, 0.25) is 0 Å². The predicted octanol–water partition coefficient (Wildman–Crippen LogP) is -4.19. The Kier molecular flexibility index (Phi) is 11.3. The van der Waals surface area contributed by atoms with Gasteiger partial charge in [0, 0.05) is 13.3 Å². The molecule has 0 saturated carbocycles. The van der Waals surface area contributed by atoms with Crippen molar-refractivity contribution in [3.05, 3.63) is 60.2 Å². The van der Waals surface area contributed by atoms with E-state index in [1.54, 1.807) is 36.4 Å². The molecule has 0 aromatic heterocycles. The van der Waals surface area contributed by atoms with Crippen molar-refractivity contribution in [1.29, 1.82) is 0 Å². The van der Waals surface area contributed by atoms with E-state index in [1.807, 2.05) is 18.2 Å². The summed E-state index contributed by atoms with van der Waals surface area (Å²) in [4.78, 5) is 23.6. The number of carbonyl (C=O) groups excluding carboxylic acids is 2. The molecule has 1 heterocycles. The molecule has 190 valence electrons. The fourth-order valence-electron chi connectivity index (χ4n) is 3.75. The van der Waals surface area contributed by atoms with E-state index in [4.69, 9.17) is 14.2 Å². The van der Waals surface area contributed by atoms with E-state index < -0.39 is 61.1 Å². The van der Waals surface area contributed by atoms with E-state index in [0.29, 0.717) is 17.1 Å². The molecule has 1 saturated heterocycles. The molecule has 0 unspecified atom stereocenters. The van der Waals surface area contributed by atoms with Crippen molar-refractivity contribution in [1.82, 2.24) is 5.32 Å². The van der Waals surface area contributed by atoms with Crippen molar-refractivity contribution in [3.8, 4) is 11.5 Å². The number of amides is 1. The topological polar surface area (TPSA) is 178 Å². The van der Waals surface area contributed by atoms with Gasteiger partial charge in [0.05, 0.1) is 25.4 Å². The average molecular weight is 513 g/mol. The Bertz CT molecular complexity index is 992. The van der Waals surface area contributed by atoms with Crippen molar-refractivity contribution in [2.45, 2.75) is 56.2 Å². The van der Waals surface area contributed by atoms with Gasteiger partial charge in [-0.2, -0.15) is 0 Å². The molecule has 1 aliphatic rings. The molecular weight excluding hydrogens is 485 g/mol. The predicted molar refractivity (Wildman–Crippen MR) is 118 cm³/mol. The van der Waals surface area contributed by atoms with Crippen LogP contribution >= 0.6 is 0 Å². The van der Waals surface area contributed by atoms with Crippen molar-refractivity contribution in [2.24, 2.45) is 0 Å². The van der Waals surface area contributed by atoms with E-state index in [2.05, 4.69) is 5.32 Å². The van der Waals surface area contributed by atoms with Gasteiger partial charge in [-0.1, -0.05) is 30.3 Å². The van der Waals surface area contributed by atoms with Crippen LogP contribution in [-0.4, -0.2) is 75.2 Å². The van der Waals surface area contributed by atoms with Crippen molar-refractivity contribution in [2.75, 3.05) is 6.61 Å². The van der Waals surface area contributed by atoms with Crippen molar-refractivity contribution >= 4 is 11.9 Å². The number of ether oxygens (including phenoxy) is 3. The summed E-state index contributed by atoms with van der Waals surface area (Å²) in [5, 5.41) is 54.5. The third kappa shape index (κ3) is 7.48. The molecule has 12 heteroatoms. The first kappa shape index (κ1) is 30.2. The third-order valence-electron chi connectivity index (χ3n) is 5.55. The molecule has 6 atom stereocenters. The van der Waals surface area contributed by atoms with Gasteiger partial charge < -0.3 is 49.9 Å². The van der Waals surface area contributed by atoms with Gasteiger partial charge in [0.1, 0.15) is 35.8 Å². The second kappa shape index (κ2) is 13.5. The van der Waals surface area contributed by atoms with E-state index in [0.717, 1.165) is 6.92 Å². The number of nitrogens with one attached hydrogen (secondary N) is 1. The minimum Gasteiger partial charge on any atom is -0.544 e. The number of rotatable bonds is 10. The molecule has 36 heavy (non-hydrogen) atoms. The number of carbonyl (C=O) groups is 2. The molecule has 3 rings (SSSR count). The van der Waals surface area contributed by atoms with Gasteiger partial charge in [-0.15, -0.1) is 0 Å². The molecule has 1 aliphatic heterocycles. The first-order valence-corrected chi connectivity index (χ1v) is 10.9. The normalized spacial score (nSPS) is 25.2. The number of aliphatic hydroxyl groups excluding tert-OH is 4. The summed E-state index contributed by atoms with van der Waals surface area (Å²) in [6.45, 7) is 0.00386. The summed E-state index contributed by atoms with van der Waals surface area (Å²) in [5.74, 6) is -3.74. The van der Waals surface area contributed by atoms with Crippen molar-refractivity contribution < 1.29 is 78.9 Å². The molecule has 5 N–H and O–H groups in total. The Morgan fingerprint density at radius 3 is 2.31 bits per heavy atom. The van der Waals surface area contributed by atoms with Gasteiger partial charge in [0.25, 0.3) is 0 Å². The van der Waals surface area contributed by atoms with Gasteiger partial charge in [0.15, 0.2) is 0 Å². The zero-order chi connectivity index (χ0) is 25.6. The Labute approximate surface area is 229 Å². The summed E-state index contributed by atoms with van der Waals surface area (Å²) in [6.07, 6.45) is -7.41. The largest absolute Gasteiger partial charge is 1.00 e. The van der Waals surface area contributed by atoms with Crippen LogP contribution in [-0.2, 0) is 25.7 Å². The van der Waals surface area contributed by atoms with Crippen LogP contribution in [0.4, 0.5) is 0 Å². The quantitative estimate of drug-likeness (QED) is 0.196. The number of aliphatic carboxylic acids is 1. The van der Waals surface area contributed by atoms with Crippen LogP contribution in [0.1, 0.15) is 18.9 Å². The molecule has 1 fully saturated rings. The SMILES string of the molecule is CC(=O)N[C@H]1[C@H]([C@@H](O)[C@H](O)CO)O[C@@](OCc2ccc(Oc3ccccc3)cc2)(C(=O)[O-])C[C@@H]1O.[Na+]. The monoisotopic (exact) mass is 513 g/mol. The summed E-state index contributed by atoms with van der Waals surface area (Å²) in [7, 11) is 0. The number of benzene rings is 2. The number of hydrogen-bond donors (Lipinski definition) is 5. The number of para-hydroxylation sites is 1. The van der Waals surface area contributed by atoms with Gasteiger partial charge in [-0.3, -0.25) is 4.79 Å². The minimum absolute atomic E-state index is 0. The maximum atomic E-state index is 12.1. The van der Waals surface area contributed by atoms with Gasteiger partial charge in [0.2, 0.25) is 11.7 Å². The number of hydrogen-bond acceptors (Lipinski definition) is 10. The van der Waals surface area contributed by atoms with E-state index in [9.17, 15) is 35.1 Å². The fourth-order valence-corrected chi connectivity index (χ4v) is 3.75. The molecule has 11 nitrogen and oxygen atoms in total. The molecule has 2 aromatic carbocycles. The second-order valence-corrected chi connectivity index (χ2v) is 8.21. The van der Waals surface area contributed by atoms with Crippen LogP contribution in [0.3, 0.4) is 0 Å². The molecule has 0 aliphatic carbocycles. The van der Waals surface area contributed by atoms with Crippen LogP contribution in [0.15, 0.2) is 54.6 Å². The molecule has 0 bridgehead atoms. The third-order valence-corrected chi connectivity index (χ3v) is 5.55. The molecular formula is C24H28NNaO10. The van der Waals surface area contributed by atoms with Gasteiger partial charge in [-0.05, 0) is 29.8 Å².